The topological polar surface area (TPSA) is 88.9 Å². The summed E-state index contributed by atoms with van der Waals surface area (Å²) in [6.45, 7) is 6.29. The van der Waals surface area contributed by atoms with Crippen LogP contribution in [-0.2, 0) is 17.1 Å². The van der Waals surface area contributed by atoms with Gasteiger partial charge in [0.15, 0.2) is 5.65 Å². The second kappa shape index (κ2) is 5.85. The summed E-state index contributed by atoms with van der Waals surface area (Å²) in [4.78, 5) is 4.44. The number of nitrogens with zero attached hydrogens (tertiary/aromatic N) is 3. The second-order valence-electron chi connectivity index (χ2n) is 6.64. The highest BCUT2D eigenvalue weighted by atomic mass is 32.2. The van der Waals surface area contributed by atoms with Gasteiger partial charge in [-0.15, -0.1) is 0 Å². The van der Waals surface area contributed by atoms with Gasteiger partial charge < -0.3 is 5.32 Å². The van der Waals surface area contributed by atoms with Crippen molar-refractivity contribution in [3.63, 3.8) is 0 Å². The number of sulfonamides is 1. The third kappa shape index (κ3) is 3.24. The van der Waals surface area contributed by atoms with Crippen LogP contribution in [0.5, 0.6) is 0 Å². The normalized spacial score (nSPS) is 18.4. The first-order valence-corrected chi connectivity index (χ1v) is 9.29. The zero-order valence-electron chi connectivity index (χ0n) is 13.8. The van der Waals surface area contributed by atoms with Crippen molar-refractivity contribution in [1.29, 1.82) is 0 Å². The Labute approximate surface area is 136 Å². The zero-order valence-corrected chi connectivity index (χ0v) is 14.6. The van der Waals surface area contributed by atoms with E-state index in [0.717, 1.165) is 37.0 Å². The van der Waals surface area contributed by atoms with Crippen LogP contribution in [0.1, 0.15) is 25.5 Å². The number of nitrogens with one attached hydrogen (secondary N) is 2. The van der Waals surface area contributed by atoms with Gasteiger partial charge in [0.2, 0.25) is 10.0 Å². The Morgan fingerprint density at radius 3 is 2.78 bits per heavy atom. The summed E-state index contributed by atoms with van der Waals surface area (Å²) in [7, 11) is -1.77. The molecule has 1 fully saturated rings. The smallest absolute Gasteiger partial charge is 0.242 e. The van der Waals surface area contributed by atoms with Crippen LogP contribution < -0.4 is 10.0 Å². The van der Waals surface area contributed by atoms with Crippen LogP contribution in [0.3, 0.4) is 0 Å². The number of rotatable bonds is 4. The number of aryl methyl sites for hydroxylation is 2. The molecule has 2 aromatic heterocycles. The SMILES string of the molecule is Cc1nn(C)c2ncc(S(=O)(=O)NCC3(C)CCNCC3)cc12. The van der Waals surface area contributed by atoms with Crippen molar-refractivity contribution in [2.24, 2.45) is 12.5 Å². The Bertz CT molecular complexity index is 822. The molecule has 3 rings (SSSR count). The largest absolute Gasteiger partial charge is 0.317 e. The maximum atomic E-state index is 12.6. The van der Waals surface area contributed by atoms with Crippen LogP contribution in [0.4, 0.5) is 0 Å². The van der Waals surface area contributed by atoms with Gasteiger partial charge in [0.05, 0.1) is 5.69 Å². The summed E-state index contributed by atoms with van der Waals surface area (Å²) in [6, 6.07) is 1.65. The van der Waals surface area contributed by atoms with Crippen molar-refractivity contribution < 1.29 is 8.42 Å². The Morgan fingerprint density at radius 1 is 1.39 bits per heavy atom. The maximum Gasteiger partial charge on any atom is 0.242 e. The number of fused-ring (bicyclic) bond motifs is 1. The summed E-state index contributed by atoms with van der Waals surface area (Å²) in [5, 5.41) is 8.34. The van der Waals surface area contributed by atoms with Gasteiger partial charge in [-0.05, 0) is 44.3 Å². The molecule has 126 valence electrons. The highest BCUT2D eigenvalue weighted by Gasteiger charge is 2.29. The number of hydrogen-bond donors (Lipinski definition) is 2. The molecule has 7 nitrogen and oxygen atoms in total. The molecule has 0 amide bonds. The van der Waals surface area contributed by atoms with Gasteiger partial charge in [0.25, 0.3) is 0 Å². The molecule has 0 bridgehead atoms. The number of aromatic nitrogens is 3. The second-order valence-corrected chi connectivity index (χ2v) is 8.40. The first kappa shape index (κ1) is 16.4. The number of pyridine rings is 1. The standard InChI is InChI=1S/C15H23N5O2S/c1-11-13-8-12(9-17-14(13)20(3)19-11)23(21,22)18-10-15(2)4-6-16-7-5-15/h8-9,16,18H,4-7,10H2,1-3H3. The minimum atomic E-state index is -3.57. The lowest BCUT2D eigenvalue weighted by Crippen LogP contribution is -2.42. The Hall–Kier alpha value is -1.51. The summed E-state index contributed by atoms with van der Waals surface area (Å²) in [5.74, 6) is 0. The first-order chi connectivity index (χ1) is 10.8. The molecule has 0 atom stereocenters. The molecule has 8 heteroatoms. The Kier molecular flexibility index (Phi) is 4.16. The van der Waals surface area contributed by atoms with Gasteiger partial charge in [-0.3, -0.25) is 4.68 Å². The number of hydrogen-bond acceptors (Lipinski definition) is 5. The lowest BCUT2D eigenvalue weighted by Gasteiger charge is -2.34. The van der Waals surface area contributed by atoms with E-state index in [1.165, 1.54) is 6.20 Å². The average Bonchev–Trinajstić information content (AvgIpc) is 2.81. The quantitative estimate of drug-likeness (QED) is 0.867. The van der Waals surface area contributed by atoms with E-state index in [1.807, 2.05) is 6.92 Å². The molecule has 2 N–H and O–H groups in total. The van der Waals surface area contributed by atoms with Gasteiger partial charge in [0.1, 0.15) is 4.90 Å². The van der Waals surface area contributed by atoms with Crippen LogP contribution in [0.25, 0.3) is 11.0 Å². The minimum Gasteiger partial charge on any atom is -0.317 e. The fraction of sp³-hybridized carbons (Fsp3) is 0.600. The molecule has 0 aromatic carbocycles. The molecule has 1 aliphatic heterocycles. The predicted octanol–water partition coefficient (Wildman–Crippen LogP) is 0.945. The van der Waals surface area contributed by atoms with E-state index in [-0.39, 0.29) is 10.3 Å². The van der Waals surface area contributed by atoms with E-state index in [4.69, 9.17) is 0 Å². The maximum absolute atomic E-state index is 12.6. The molecule has 0 spiro atoms. The van der Waals surface area contributed by atoms with Crippen LogP contribution in [0.15, 0.2) is 17.2 Å². The van der Waals surface area contributed by atoms with Gasteiger partial charge in [-0.1, -0.05) is 6.92 Å². The molecule has 3 heterocycles. The molecule has 2 aromatic rings. The molecule has 1 aliphatic rings. The summed E-state index contributed by atoms with van der Waals surface area (Å²) >= 11 is 0. The zero-order chi connectivity index (χ0) is 16.7. The summed E-state index contributed by atoms with van der Waals surface area (Å²) in [5.41, 5.74) is 1.46. The third-order valence-corrected chi connectivity index (χ3v) is 6.02. The van der Waals surface area contributed by atoms with Crippen LogP contribution in [-0.4, -0.2) is 42.8 Å². The van der Waals surface area contributed by atoms with E-state index in [0.29, 0.717) is 12.2 Å². The molecule has 23 heavy (non-hydrogen) atoms. The summed E-state index contributed by atoms with van der Waals surface area (Å²) < 4.78 is 29.6. The van der Waals surface area contributed by atoms with Crippen molar-refractivity contribution in [3.8, 4) is 0 Å². The fourth-order valence-electron chi connectivity index (χ4n) is 3.00. The van der Waals surface area contributed by atoms with Gasteiger partial charge in [-0.25, -0.2) is 18.1 Å². The van der Waals surface area contributed by atoms with Crippen molar-refractivity contribution in [2.45, 2.75) is 31.6 Å². The molecule has 0 radical (unpaired) electrons. The van der Waals surface area contributed by atoms with E-state index in [1.54, 1.807) is 17.8 Å². The van der Waals surface area contributed by atoms with Gasteiger partial charge >= 0.3 is 0 Å². The lowest BCUT2D eigenvalue weighted by atomic mass is 9.81. The molecule has 1 saturated heterocycles. The fourth-order valence-corrected chi connectivity index (χ4v) is 4.16. The Balaban J connectivity index is 1.83. The van der Waals surface area contributed by atoms with Gasteiger partial charge in [-0.2, -0.15) is 5.10 Å². The average molecular weight is 337 g/mol. The van der Waals surface area contributed by atoms with Crippen LogP contribution in [0, 0.1) is 12.3 Å². The van der Waals surface area contributed by atoms with Crippen molar-refractivity contribution in [3.05, 3.63) is 18.0 Å². The minimum absolute atomic E-state index is 0.0000686. The summed E-state index contributed by atoms with van der Waals surface area (Å²) in [6.07, 6.45) is 3.33. The van der Waals surface area contributed by atoms with E-state index < -0.39 is 10.0 Å². The van der Waals surface area contributed by atoms with Crippen LogP contribution in [0.2, 0.25) is 0 Å². The molecular weight excluding hydrogens is 314 g/mol. The molecule has 0 aliphatic carbocycles. The Morgan fingerprint density at radius 2 is 2.09 bits per heavy atom. The van der Waals surface area contributed by atoms with E-state index >= 15 is 0 Å². The van der Waals surface area contributed by atoms with Crippen molar-refractivity contribution in [2.75, 3.05) is 19.6 Å². The van der Waals surface area contributed by atoms with E-state index in [2.05, 4.69) is 27.0 Å². The van der Waals surface area contributed by atoms with E-state index in [9.17, 15) is 8.42 Å². The first-order valence-electron chi connectivity index (χ1n) is 7.81. The highest BCUT2D eigenvalue weighted by Crippen LogP contribution is 2.27. The van der Waals surface area contributed by atoms with Crippen molar-refractivity contribution in [1.82, 2.24) is 24.8 Å². The number of piperidine rings is 1. The molecule has 0 saturated carbocycles. The monoisotopic (exact) mass is 337 g/mol. The molecule has 0 unspecified atom stereocenters. The van der Waals surface area contributed by atoms with Gasteiger partial charge in [0, 0.05) is 25.2 Å². The van der Waals surface area contributed by atoms with Crippen LogP contribution >= 0.6 is 0 Å². The molecular formula is C15H23N5O2S. The highest BCUT2D eigenvalue weighted by molar-refractivity contribution is 7.89. The predicted molar refractivity (Wildman–Crippen MR) is 88.6 cm³/mol. The third-order valence-electron chi connectivity index (χ3n) is 4.65. The van der Waals surface area contributed by atoms with Crippen molar-refractivity contribution >= 4 is 21.1 Å². The lowest BCUT2D eigenvalue weighted by molar-refractivity contribution is 0.232.